The van der Waals surface area contributed by atoms with Crippen LogP contribution >= 0.6 is 0 Å². The lowest BCUT2D eigenvalue weighted by molar-refractivity contribution is -0.129. The number of rotatable bonds is 7. The molecule has 2 atom stereocenters. The molecule has 2 aliphatic heterocycles. The predicted octanol–water partition coefficient (Wildman–Crippen LogP) is 6.93. The molecule has 238 valence electrons. The van der Waals surface area contributed by atoms with Crippen LogP contribution < -0.4 is 10.6 Å². The first kappa shape index (κ1) is 32.2. The second kappa shape index (κ2) is 14.7. The summed E-state index contributed by atoms with van der Waals surface area (Å²) in [5.41, 5.74) is 6.43. The van der Waals surface area contributed by atoms with Crippen LogP contribution in [0.25, 0.3) is 16.7 Å². The van der Waals surface area contributed by atoms with E-state index in [0.717, 1.165) is 40.1 Å². The van der Waals surface area contributed by atoms with Crippen molar-refractivity contribution in [3.63, 3.8) is 0 Å². The van der Waals surface area contributed by atoms with Gasteiger partial charge in [-0.15, -0.1) is 0 Å². The van der Waals surface area contributed by atoms with Crippen LogP contribution in [0.5, 0.6) is 0 Å². The van der Waals surface area contributed by atoms with Crippen LogP contribution in [0.3, 0.4) is 0 Å². The smallest absolute Gasteiger partial charge is 0.411 e. The zero-order valence-corrected chi connectivity index (χ0v) is 26.5. The van der Waals surface area contributed by atoms with Gasteiger partial charge in [0.05, 0.1) is 42.8 Å². The van der Waals surface area contributed by atoms with Gasteiger partial charge in [-0.2, -0.15) is 0 Å². The van der Waals surface area contributed by atoms with Gasteiger partial charge < -0.3 is 19.5 Å². The Morgan fingerprint density at radius 2 is 2.07 bits per heavy atom. The van der Waals surface area contributed by atoms with Gasteiger partial charge in [-0.1, -0.05) is 50.3 Å². The molecule has 2 aliphatic rings. The highest BCUT2D eigenvalue weighted by Crippen LogP contribution is 2.37. The Morgan fingerprint density at radius 3 is 2.83 bits per heavy atom. The second-order valence-electron chi connectivity index (χ2n) is 11.5. The normalized spacial score (nSPS) is 19.0. The molecule has 3 amide bonds. The Hall–Kier alpha value is -5.25. The first-order valence-corrected chi connectivity index (χ1v) is 15.5. The van der Waals surface area contributed by atoms with Crippen LogP contribution in [0.1, 0.15) is 57.0 Å². The highest BCUT2D eigenvalue weighted by molar-refractivity contribution is 5.99. The van der Waals surface area contributed by atoms with Crippen LogP contribution in [-0.4, -0.2) is 51.0 Å². The number of nitrogens with one attached hydrogen (secondary N) is 2. The largest absolute Gasteiger partial charge is 0.453 e. The fraction of sp³-hybridized carbons (Fsp3) is 0.306. The van der Waals surface area contributed by atoms with Gasteiger partial charge in [-0.3, -0.25) is 19.9 Å². The Bertz CT molecular complexity index is 1720. The van der Waals surface area contributed by atoms with E-state index in [4.69, 9.17) is 9.72 Å². The summed E-state index contributed by atoms with van der Waals surface area (Å²) in [5, 5.41) is 5.72. The molecule has 0 spiro atoms. The molecule has 46 heavy (non-hydrogen) atoms. The maximum Gasteiger partial charge on any atom is 0.411 e. The van der Waals surface area contributed by atoms with Crippen LogP contribution in [0.2, 0.25) is 0 Å². The molecule has 2 N–H and O–H groups in total. The molecule has 10 heteroatoms. The van der Waals surface area contributed by atoms with E-state index in [9.17, 15) is 14.4 Å². The summed E-state index contributed by atoms with van der Waals surface area (Å²) in [6.07, 6.45) is 17.0. The Balaban J connectivity index is 1.46. The third kappa shape index (κ3) is 7.34. The molecule has 0 aliphatic carbocycles. The number of methoxy groups -OCH3 is 1. The molecule has 10 nitrogen and oxygen atoms in total. The standard InChI is InChI=1S/C36H40N6O4/c1-5-8-25(9-6-2)22-41-23-37-21-33(41)27-15-17-42(34(43)19-27)32-11-7-10-24(3)35(44)40-30-20-28(39-36(45)46-4)12-13-29(30)26-14-16-38-31(32)18-26/h5-6,8-9,12-14,16,18-21,23-24,32H,1,7,10-11,15,17,22H2,2-4H3,(H,39,45)(H,40,44)/b9-6-,25-8+. The minimum Gasteiger partial charge on any atom is -0.453 e. The van der Waals surface area contributed by atoms with Crippen LogP contribution in [-0.2, 0) is 20.9 Å². The van der Waals surface area contributed by atoms with Crippen molar-refractivity contribution in [3.8, 4) is 11.1 Å². The Morgan fingerprint density at radius 1 is 1.22 bits per heavy atom. The van der Waals surface area contributed by atoms with Crippen molar-refractivity contribution in [1.82, 2.24) is 19.4 Å². The first-order chi connectivity index (χ1) is 22.3. The van der Waals surface area contributed by atoms with Crippen LogP contribution in [0.15, 0.2) is 91.6 Å². The molecule has 0 radical (unpaired) electrons. The summed E-state index contributed by atoms with van der Waals surface area (Å²) in [6, 6.07) is 8.94. The second-order valence-corrected chi connectivity index (χ2v) is 11.5. The van der Waals surface area contributed by atoms with E-state index < -0.39 is 6.09 Å². The summed E-state index contributed by atoms with van der Waals surface area (Å²) in [7, 11) is 1.30. The number of carbonyl (C=O) groups is 3. The van der Waals surface area contributed by atoms with Gasteiger partial charge in [-0.05, 0) is 67.2 Å². The summed E-state index contributed by atoms with van der Waals surface area (Å²) in [4.78, 5) is 49.9. The van der Waals surface area contributed by atoms with E-state index in [-0.39, 0.29) is 23.8 Å². The number of carbonyl (C=O) groups excluding carboxylic acids is 3. The van der Waals surface area contributed by atoms with E-state index in [2.05, 4.69) is 26.8 Å². The molecule has 2 bridgehead atoms. The van der Waals surface area contributed by atoms with Gasteiger partial charge >= 0.3 is 6.09 Å². The minimum absolute atomic E-state index is 0.0710. The van der Waals surface area contributed by atoms with Gasteiger partial charge in [0.25, 0.3) is 0 Å². The molecule has 5 rings (SSSR count). The number of aromatic nitrogens is 3. The number of fused-ring (bicyclic) bond motifs is 4. The highest BCUT2D eigenvalue weighted by atomic mass is 16.5. The van der Waals surface area contributed by atoms with Gasteiger partial charge in [0.2, 0.25) is 11.8 Å². The number of hydrogen-bond acceptors (Lipinski definition) is 6. The quantitative estimate of drug-likeness (QED) is 0.277. The van der Waals surface area contributed by atoms with Crippen molar-refractivity contribution in [2.45, 2.75) is 52.1 Å². The van der Waals surface area contributed by atoms with E-state index in [0.29, 0.717) is 43.7 Å². The maximum atomic E-state index is 13.8. The molecule has 4 heterocycles. The van der Waals surface area contributed by atoms with Gasteiger partial charge in [-0.25, -0.2) is 9.78 Å². The van der Waals surface area contributed by atoms with Crippen molar-refractivity contribution in [2.24, 2.45) is 5.92 Å². The molecule has 0 fully saturated rings. The number of hydrogen-bond donors (Lipinski definition) is 2. The van der Waals surface area contributed by atoms with E-state index >= 15 is 0 Å². The molecule has 2 aromatic heterocycles. The topological polar surface area (TPSA) is 118 Å². The predicted molar refractivity (Wildman–Crippen MR) is 180 cm³/mol. The number of allylic oxidation sites excluding steroid dienone is 5. The lowest BCUT2D eigenvalue weighted by atomic mass is 9.93. The number of ether oxygens (including phenoxy) is 1. The van der Waals surface area contributed by atoms with Crippen molar-refractivity contribution < 1.29 is 19.1 Å². The fourth-order valence-corrected chi connectivity index (χ4v) is 6.02. The maximum absolute atomic E-state index is 13.8. The van der Waals surface area contributed by atoms with E-state index in [1.165, 1.54) is 7.11 Å². The Kier molecular flexibility index (Phi) is 10.3. The zero-order chi connectivity index (χ0) is 32.6. The highest BCUT2D eigenvalue weighted by Gasteiger charge is 2.30. The van der Waals surface area contributed by atoms with E-state index in [1.807, 2.05) is 61.4 Å². The number of nitrogens with zero attached hydrogens (tertiary/aromatic N) is 4. The molecular formula is C36H40N6O4. The number of amides is 3. The molecular weight excluding hydrogens is 580 g/mol. The summed E-state index contributed by atoms with van der Waals surface area (Å²) >= 11 is 0. The van der Waals surface area contributed by atoms with Crippen LogP contribution in [0.4, 0.5) is 16.2 Å². The number of anilines is 2. The molecule has 1 aromatic carbocycles. The average molecular weight is 621 g/mol. The average Bonchev–Trinajstić information content (AvgIpc) is 3.51. The molecule has 0 saturated heterocycles. The fourth-order valence-electron chi connectivity index (χ4n) is 6.02. The van der Waals surface area contributed by atoms with Crippen molar-refractivity contribution in [2.75, 3.05) is 24.3 Å². The van der Waals surface area contributed by atoms with Crippen molar-refractivity contribution >= 4 is 34.9 Å². The Labute approximate surface area is 269 Å². The van der Waals surface area contributed by atoms with Crippen molar-refractivity contribution in [1.29, 1.82) is 0 Å². The van der Waals surface area contributed by atoms with Gasteiger partial charge in [0.15, 0.2) is 0 Å². The summed E-state index contributed by atoms with van der Waals surface area (Å²) < 4.78 is 6.79. The summed E-state index contributed by atoms with van der Waals surface area (Å²) in [6.45, 7) is 8.86. The molecule has 2 unspecified atom stereocenters. The third-order valence-corrected chi connectivity index (χ3v) is 8.39. The lowest BCUT2D eigenvalue weighted by Gasteiger charge is -2.34. The molecule has 0 saturated carbocycles. The lowest BCUT2D eigenvalue weighted by Crippen LogP contribution is -2.38. The van der Waals surface area contributed by atoms with Crippen LogP contribution in [0, 0.1) is 5.92 Å². The van der Waals surface area contributed by atoms with Gasteiger partial charge in [0.1, 0.15) is 0 Å². The van der Waals surface area contributed by atoms with E-state index in [1.54, 1.807) is 36.8 Å². The van der Waals surface area contributed by atoms with Crippen molar-refractivity contribution in [3.05, 3.63) is 103 Å². The number of pyridine rings is 1. The first-order valence-electron chi connectivity index (χ1n) is 15.5. The number of benzene rings is 1. The van der Waals surface area contributed by atoms with Gasteiger partial charge in [0, 0.05) is 42.5 Å². The third-order valence-electron chi connectivity index (χ3n) is 8.39. The summed E-state index contributed by atoms with van der Waals surface area (Å²) in [5.74, 6) is -0.442. The monoisotopic (exact) mass is 620 g/mol. The SMILES string of the molecule is C=C/C=C(\C=C/C)Cn1cncc1C1=CC(=O)N(C2CCCC(C)C(=O)Nc3cc(NC(=O)OC)ccc3-c3ccnc2c3)CC1. The number of imidazole rings is 1. The minimum atomic E-state index is -0.599. The molecule has 3 aromatic rings. The zero-order valence-electron chi connectivity index (χ0n) is 26.5.